The van der Waals surface area contributed by atoms with Crippen LogP contribution in [0.4, 0.5) is 0 Å². The van der Waals surface area contributed by atoms with Crippen molar-refractivity contribution in [2.45, 2.75) is 126 Å². The van der Waals surface area contributed by atoms with E-state index in [1.54, 1.807) is 0 Å². The van der Waals surface area contributed by atoms with Crippen LogP contribution in [0.3, 0.4) is 0 Å². The number of nitrogens with one attached hydrogen (secondary N) is 2. The van der Waals surface area contributed by atoms with Gasteiger partial charge in [0.15, 0.2) is 0 Å². The number of hydrogen-bond donors (Lipinski definition) is 2. The van der Waals surface area contributed by atoms with E-state index in [0.29, 0.717) is 29.8 Å². The lowest BCUT2D eigenvalue weighted by molar-refractivity contribution is 0.0955. The van der Waals surface area contributed by atoms with Crippen LogP contribution in [0.15, 0.2) is 36.0 Å². The van der Waals surface area contributed by atoms with Gasteiger partial charge < -0.3 is 10.6 Å². The summed E-state index contributed by atoms with van der Waals surface area (Å²) in [5.74, 6) is 1.22. The van der Waals surface area contributed by atoms with Crippen LogP contribution >= 0.6 is 0 Å². The molecule has 0 aliphatic rings. The smallest absolute Gasteiger partial charge is 0.251 e. The molecule has 3 nitrogen and oxygen atoms in total. The van der Waals surface area contributed by atoms with Crippen molar-refractivity contribution in [2.75, 3.05) is 6.54 Å². The maximum atomic E-state index is 13.0. The summed E-state index contributed by atoms with van der Waals surface area (Å²) in [6, 6.07) is 8.52. The summed E-state index contributed by atoms with van der Waals surface area (Å²) in [4.78, 5) is 13.0. The molecule has 0 aliphatic carbocycles. The zero-order valence-electron chi connectivity index (χ0n) is 24.3. The van der Waals surface area contributed by atoms with Gasteiger partial charge in [-0.3, -0.25) is 4.79 Å². The highest BCUT2D eigenvalue weighted by atomic mass is 16.1. The van der Waals surface area contributed by atoms with Crippen molar-refractivity contribution < 1.29 is 4.79 Å². The number of amides is 1. The molecular weight excluding hydrogens is 428 g/mol. The standard InChI is InChI=1S/C32H56N2O/c1-9-13-19-32(12-4,18-11-3)23-30(21-26(7)8)34-29(15-10-2)24-33-31(35)28-17-14-16-27(22-28)20-25(5)6/h14-17,22,25-26,30,34H,9-13,18-21,23-24H2,1-8H3,(H,33,35)/b29-15+. The largest absolute Gasteiger partial charge is 0.384 e. The van der Waals surface area contributed by atoms with Crippen LogP contribution in [-0.4, -0.2) is 18.5 Å². The molecule has 0 heterocycles. The predicted octanol–water partition coefficient (Wildman–Crippen LogP) is 8.69. The van der Waals surface area contributed by atoms with E-state index in [0.717, 1.165) is 30.5 Å². The van der Waals surface area contributed by atoms with Crippen LogP contribution in [0.2, 0.25) is 0 Å². The summed E-state index contributed by atoms with van der Waals surface area (Å²) < 4.78 is 0. The lowest BCUT2D eigenvalue weighted by atomic mass is 9.71. The first kappa shape index (κ1) is 31.3. The maximum Gasteiger partial charge on any atom is 0.251 e. The summed E-state index contributed by atoms with van der Waals surface area (Å²) in [6.45, 7) is 18.8. The molecule has 0 aliphatic heterocycles. The minimum Gasteiger partial charge on any atom is -0.384 e. The first-order chi connectivity index (χ1) is 16.7. The van der Waals surface area contributed by atoms with Crippen LogP contribution in [0.25, 0.3) is 0 Å². The van der Waals surface area contributed by atoms with E-state index in [2.05, 4.69) is 78.2 Å². The molecule has 1 aromatic carbocycles. The molecule has 2 N–H and O–H groups in total. The monoisotopic (exact) mass is 484 g/mol. The molecule has 0 aromatic heterocycles. The van der Waals surface area contributed by atoms with Gasteiger partial charge in [0.25, 0.3) is 5.91 Å². The SMILES string of the molecule is CC/C=C(\CNC(=O)c1cccc(CC(C)C)c1)NC(CC(C)C)CC(CC)(CCC)CCCC. The van der Waals surface area contributed by atoms with E-state index in [1.807, 2.05) is 18.2 Å². The molecule has 0 saturated carbocycles. The molecule has 1 aromatic rings. The summed E-state index contributed by atoms with van der Waals surface area (Å²) in [5, 5.41) is 7.09. The lowest BCUT2D eigenvalue weighted by Crippen LogP contribution is -2.39. The Kier molecular flexibility index (Phi) is 15.0. The van der Waals surface area contributed by atoms with Crippen LogP contribution < -0.4 is 10.6 Å². The highest BCUT2D eigenvalue weighted by molar-refractivity contribution is 5.94. The summed E-state index contributed by atoms with van der Waals surface area (Å²) in [6.07, 6.45) is 14.3. The van der Waals surface area contributed by atoms with E-state index in [9.17, 15) is 4.79 Å². The molecule has 0 radical (unpaired) electrons. The van der Waals surface area contributed by atoms with Gasteiger partial charge in [0.2, 0.25) is 0 Å². The van der Waals surface area contributed by atoms with Gasteiger partial charge in [-0.1, -0.05) is 99.3 Å². The Bertz CT molecular complexity index is 752. The van der Waals surface area contributed by atoms with E-state index in [1.165, 1.54) is 50.5 Å². The van der Waals surface area contributed by atoms with Gasteiger partial charge in [-0.05, 0) is 73.5 Å². The van der Waals surface area contributed by atoms with Gasteiger partial charge >= 0.3 is 0 Å². The van der Waals surface area contributed by atoms with Crippen molar-refractivity contribution in [1.82, 2.24) is 10.6 Å². The molecule has 2 atom stereocenters. The van der Waals surface area contributed by atoms with Crippen molar-refractivity contribution in [1.29, 1.82) is 0 Å². The normalized spacial score (nSPS) is 14.7. The second-order valence-electron chi connectivity index (χ2n) is 11.5. The number of unbranched alkanes of at least 4 members (excludes halogenated alkanes) is 1. The Balaban J connectivity index is 2.95. The molecule has 3 heteroatoms. The van der Waals surface area contributed by atoms with E-state index in [-0.39, 0.29) is 5.91 Å². The lowest BCUT2D eigenvalue weighted by Gasteiger charge is -2.38. The average Bonchev–Trinajstić information content (AvgIpc) is 2.80. The summed E-state index contributed by atoms with van der Waals surface area (Å²) in [5.41, 5.74) is 3.55. The molecule has 0 bridgehead atoms. The fourth-order valence-corrected chi connectivity index (χ4v) is 5.47. The molecular formula is C32H56N2O. The van der Waals surface area contributed by atoms with Crippen molar-refractivity contribution in [2.24, 2.45) is 17.3 Å². The molecule has 0 fully saturated rings. The van der Waals surface area contributed by atoms with Crippen LogP contribution in [0.5, 0.6) is 0 Å². The molecule has 0 saturated heterocycles. The quantitative estimate of drug-likeness (QED) is 0.219. The van der Waals surface area contributed by atoms with Gasteiger partial charge in [-0.25, -0.2) is 0 Å². The Labute approximate surface area is 217 Å². The molecule has 1 rings (SSSR count). The van der Waals surface area contributed by atoms with E-state index < -0.39 is 0 Å². The summed E-state index contributed by atoms with van der Waals surface area (Å²) in [7, 11) is 0. The Morgan fingerprint density at radius 1 is 1.00 bits per heavy atom. The van der Waals surface area contributed by atoms with Crippen molar-refractivity contribution in [3.8, 4) is 0 Å². The van der Waals surface area contributed by atoms with Gasteiger partial charge in [-0.15, -0.1) is 0 Å². The maximum absolute atomic E-state index is 13.0. The van der Waals surface area contributed by atoms with Gasteiger partial charge in [-0.2, -0.15) is 0 Å². The zero-order chi connectivity index (χ0) is 26.3. The van der Waals surface area contributed by atoms with Gasteiger partial charge in [0, 0.05) is 17.3 Å². The fourth-order valence-electron chi connectivity index (χ4n) is 5.47. The third kappa shape index (κ3) is 12.2. The first-order valence-corrected chi connectivity index (χ1v) is 14.5. The molecule has 35 heavy (non-hydrogen) atoms. The molecule has 2 unspecified atom stereocenters. The van der Waals surface area contributed by atoms with E-state index in [4.69, 9.17) is 0 Å². The fraction of sp³-hybridized carbons (Fsp3) is 0.719. The van der Waals surface area contributed by atoms with Crippen molar-refractivity contribution in [3.05, 3.63) is 47.2 Å². The van der Waals surface area contributed by atoms with Crippen LogP contribution in [0, 0.1) is 17.3 Å². The minimum atomic E-state index is 0.0108. The minimum absolute atomic E-state index is 0.0108. The van der Waals surface area contributed by atoms with Crippen LogP contribution in [-0.2, 0) is 6.42 Å². The second kappa shape index (κ2) is 16.8. The Morgan fingerprint density at radius 3 is 2.31 bits per heavy atom. The predicted molar refractivity (Wildman–Crippen MR) is 154 cm³/mol. The number of carbonyl (C=O) groups excluding carboxylic acids is 1. The zero-order valence-corrected chi connectivity index (χ0v) is 24.3. The third-order valence-electron chi connectivity index (χ3n) is 7.14. The molecule has 1 amide bonds. The Morgan fingerprint density at radius 2 is 1.74 bits per heavy atom. The first-order valence-electron chi connectivity index (χ1n) is 14.5. The number of benzene rings is 1. The highest BCUT2D eigenvalue weighted by Crippen LogP contribution is 2.40. The average molecular weight is 485 g/mol. The number of allylic oxidation sites excluding steroid dienone is 1. The van der Waals surface area contributed by atoms with Gasteiger partial charge in [0.05, 0.1) is 6.54 Å². The van der Waals surface area contributed by atoms with Crippen molar-refractivity contribution >= 4 is 5.91 Å². The number of hydrogen-bond acceptors (Lipinski definition) is 2. The number of rotatable bonds is 18. The van der Waals surface area contributed by atoms with Crippen molar-refractivity contribution in [3.63, 3.8) is 0 Å². The topological polar surface area (TPSA) is 41.1 Å². The molecule has 200 valence electrons. The third-order valence-corrected chi connectivity index (χ3v) is 7.14. The van der Waals surface area contributed by atoms with Crippen LogP contribution in [0.1, 0.15) is 129 Å². The van der Waals surface area contributed by atoms with E-state index >= 15 is 0 Å². The Hall–Kier alpha value is -1.77. The molecule has 0 spiro atoms. The van der Waals surface area contributed by atoms with Gasteiger partial charge in [0.1, 0.15) is 0 Å². The number of carbonyl (C=O) groups is 1. The second-order valence-corrected chi connectivity index (χ2v) is 11.5. The highest BCUT2D eigenvalue weighted by Gasteiger charge is 2.30. The summed E-state index contributed by atoms with van der Waals surface area (Å²) >= 11 is 0.